The average Bonchev–Trinajstić information content (AvgIpc) is 3.22. The Hall–Kier alpha value is -2.16. The number of morpholine rings is 1. The zero-order valence-electron chi connectivity index (χ0n) is 21.0. The number of aromatic nitrogens is 2. The minimum absolute atomic E-state index is 0.0460. The normalized spacial score (nSPS) is 20.1. The molecule has 7 nitrogen and oxygen atoms in total. The second-order valence-electron chi connectivity index (χ2n) is 10.2. The van der Waals surface area contributed by atoms with Gasteiger partial charge in [-0.3, -0.25) is 0 Å². The van der Waals surface area contributed by atoms with Gasteiger partial charge in [0.25, 0.3) is 0 Å². The number of benzene rings is 1. The van der Waals surface area contributed by atoms with E-state index in [0.717, 1.165) is 75.4 Å². The SMILES string of the molecule is S=C(NCC1(c2cccc(Cl)c2)CCCC1)Nc1nc(N2CCCCCC2)cc(N2CCOCC2)n1. The summed E-state index contributed by atoms with van der Waals surface area (Å²) in [7, 11) is 0. The second-order valence-corrected chi connectivity index (χ2v) is 11.1. The maximum atomic E-state index is 6.33. The molecule has 2 saturated heterocycles. The number of hydrogen-bond donors (Lipinski definition) is 2. The molecule has 36 heavy (non-hydrogen) atoms. The molecule has 0 atom stereocenters. The first-order chi connectivity index (χ1) is 17.6. The van der Waals surface area contributed by atoms with Crippen molar-refractivity contribution in [2.24, 2.45) is 0 Å². The van der Waals surface area contributed by atoms with Gasteiger partial charge in [-0.05, 0) is 55.6 Å². The highest BCUT2D eigenvalue weighted by Crippen LogP contribution is 2.41. The molecule has 0 unspecified atom stereocenters. The molecule has 1 aliphatic carbocycles. The van der Waals surface area contributed by atoms with E-state index >= 15 is 0 Å². The summed E-state index contributed by atoms with van der Waals surface area (Å²) < 4.78 is 5.56. The van der Waals surface area contributed by atoms with Crippen LogP contribution in [-0.2, 0) is 10.2 Å². The Morgan fingerprint density at radius 1 is 0.917 bits per heavy atom. The first kappa shape index (κ1) is 25.5. The van der Waals surface area contributed by atoms with E-state index in [0.29, 0.717) is 11.1 Å². The van der Waals surface area contributed by atoms with Crippen molar-refractivity contribution in [3.05, 3.63) is 40.9 Å². The number of ether oxygens (including phenoxy) is 1. The molecule has 0 amide bonds. The van der Waals surface area contributed by atoms with E-state index < -0.39 is 0 Å². The Bertz CT molecular complexity index is 1030. The molecule has 0 bridgehead atoms. The van der Waals surface area contributed by atoms with Crippen molar-refractivity contribution < 1.29 is 4.74 Å². The van der Waals surface area contributed by atoms with Crippen LogP contribution in [0.15, 0.2) is 30.3 Å². The predicted molar refractivity (Wildman–Crippen MR) is 152 cm³/mol. The Labute approximate surface area is 225 Å². The molecule has 5 rings (SSSR count). The van der Waals surface area contributed by atoms with Crippen LogP contribution in [-0.4, -0.2) is 61.0 Å². The Balaban J connectivity index is 1.32. The van der Waals surface area contributed by atoms with E-state index in [2.05, 4.69) is 38.6 Å². The lowest BCUT2D eigenvalue weighted by atomic mass is 9.79. The summed E-state index contributed by atoms with van der Waals surface area (Å²) in [4.78, 5) is 14.4. The molecule has 3 aliphatic rings. The minimum Gasteiger partial charge on any atom is -0.378 e. The molecule has 194 valence electrons. The first-order valence-electron chi connectivity index (χ1n) is 13.4. The van der Waals surface area contributed by atoms with Crippen LogP contribution in [0.25, 0.3) is 0 Å². The summed E-state index contributed by atoms with van der Waals surface area (Å²) >= 11 is 12.1. The monoisotopic (exact) mass is 528 g/mol. The summed E-state index contributed by atoms with van der Waals surface area (Å²) in [5, 5.41) is 8.14. The van der Waals surface area contributed by atoms with E-state index in [1.165, 1.54) is 44.1 Å². The molecular weight excluding hydrogens is 492 g/mol. The summed E-state index contributed by atoms with van der Waals surface area (Å²) in [6.07, 6.45) is 9.67. The summed E-state index contributed by atoms with van der Waals surface area (Å²) in [5.41, 5.74) is 1.33. The molecule has 1 aromatic carbocycles. The lowest BCUT2D eigenvalue weighted by molar-refractivity contribution is 0.122. The van der Waals surface area contributed by atoms with Gasteiger partial charge < -0.3 is 25.2 Å². The number of halogens is 1. The fourth-order valence-electron chi connectivity index (χ4n) is 5.73. The van der Waals surface area contributed by atoms with Gasteiger partial charge in [-0.1, -0.05) is 49.4 Å². The molecule has 1 aromatic heterocycles. The molecule has 2 aliphatic heterocycles. The highest BCUT2D eigenvalue weighted by molar-refractivity contribution is 7.80. The number of hydrogen-bond acceptors (Lipinski definition) is 6. The quantitative estimate of drug-likeness (QED) is 0.499. The lowest BCUT2D eigenvalue weighted by Crippen LogP contribution is -2.41. The molecule has 2 aromatic rings. The van der Waals surface area contributed by atoms with Crippen LogP contribution >= 0.6 is 23.8 Å². The van der Waals surface area contributed by atoms with E-state index in [9.17, 15) is 0 Å². The van der Waals surface area contributed by atoms with Crippen LogP contribution < -0.4 is 20.4 Å². The van der Waals surface area contributed by atoms with E-state index in [1.54, 1.807) is 0 Å². The van der Waals surface area contributed by atoms with E-state index in [4.69, 9.17) is 38.5 Å². The van der Waals surface area contributed by atoms with Crippen LogP contribution in [0.4, 0.5) is 17.6 Å². The largest absolute Gasteiger partial charge is 0.378 e. The van der Waals surface area contributed by atoms with Crippen molar-refractivity contribution in [3.63, 3.8) is 0 Å². The number of nitrogens with one attached hydrogen (secondary N) is 2. The topological polar surface area (TPSA) is 65.6 Å². The van der Waals surface area contributed by atoms with Crippen LogP contribution in [0.2, 0.25) is 5.02 Å². The van der Waals surface area contributed by atoms with Gasteiger partial charge in [-0.2, -0.15) is 9.97 Å². The second kappa shape index (κ2) is 11.9. The maximum absolute atomic E-state index is 6.33. The van der Waals surface area contributed by atoms with Crippen LogP contribution in [0.3, 0.4) is 0 Å². The highest BCUT2D eigenvalue weighted by Gasteiger charge is 2.35. The fourth-order valence-corrected chi connectivity index (χ4v) is 6.08. The van der Waals surface area contributed by atoms with Crippen LogP contribution in [0.5, 0.6) is 0 Å². The van der Waals surface area contributed by atoms with Crippen LogP contribution in [0, 0.1) is 0 Å². The van der Waals surface area contributed by atoms with Gasteiger partial charge in [0.05, 0.1) is 13.2 Å². The number of rotatable bonds is 6. The third-order valence-electron chi connectivity index (χ3n) is 7.77. The summed E-state index contributed by atoms with van der Waals surface area (Å²) in [6.45, 7) is 5.94. The van der Waals surface area contributed by atoms with E-state index in [-0.39, 0.29) is 5.41 Å². The Morgan fingerprint density at radius 3 is 2.25 bits per heavy atom. The van der Waals surface area contributed by atoms with Crippen molar-refractivity contribution in [3.8, 4) is 0 Å². The van der Waals surface area contributed by atoms with Gasteiger partial charge in [0, 0.05) is 49.2 Å². The third-order valence-corrected chi connectivity index (χ3v) is 8.26. The molecule has 9 heteroatoms. The van der Waals surface area contributed by atoms with Gasteiger partial charge in [-0.25, -0.2) is 0 Å². The molecule has 0 spiro atoms. The average molecular weight is 529 g/mol. The molecule has 3 fully saturated rings. The Morgan fingerprint density at radius 2 is 1.58 bits per heavy atom. The lowest BCUT2D eigenvalue weighted by Gasteiger charge is -2.31. The first-order valence-corrected chi connectivity index (χ1v) is 14.2. The predicted octanol–water partition coefficient (Wildman–Crippen LogP) is 5.15. The zero-order valence-corrected chi connectivity index (χ0v) is 22.5. The van der Waals surface area contributed by atoms with Crippen molar-refractivity contribution in [2.45, 2.75) is 56.8 Å². The number of anilines is 3. The van der Waals surface area contributed by atoms with Gasteiger partial charge in [0.1, 0.15) is 11.6 Å². The number of thiocarbonyl (C=S) groups is 1. The smallest absolute Gasteiger partial charge is 0.232 e. The fraction of sp³-hybridized carbons (Fsp3) is 0.593. The van der Waals surface area contributed by atoms with Gasteiger partial charge in [0.15, 0.2) is 5.11 Å². The van der Waals surface area contributed by atoms with Crippen molar-refractivity contribution in [1.29, 1.82) is 0 Å². The van der Waals surface area contributed by atoms with Crippen LogP contribution in [0.1, 0.15) is 56.9 Å². The maximum Gasteiger partial charge on any atom is 0.232 e. The van der Waals surface area contributed by atoms with Gasteiger partial charge in [-0.15, -0.1) is 0 Å². The standard InChI is InChI=1S/C27H37ClN6OS/c28-22-9-7-8-21(18-22)27(10-3-4-11-27)20-29-26(36)32-25-30-23(33-12-5-1-2-6-13-33)19-24(31-25)34-14-16-35-17-15-34/h7-9,18-19H,1-6,10-17,20H2,(H2,29,30,31,32,36). The zero-order chi connectivity index (χ0) is 24.8. The number of nitrogens with zero attached hydrogens (tertiary/aromatic N) is 4. The summed E-state index contributed by atoms with van der Waals surface area (Å²) in [5.74, 6) is 2.47. The van der Waals surface area contributed by atoms with Crippen molar-refractivity contribution in [2.75, 3.05) is 61.1 Å². The van der Waals surface area contributed by atoms with Gasteiger partial charge >= 0.3 is 0 Å². The van der Waals surface area contributed by atoms with Crippen molar-refractivity contribution >= 4 is 46.5 Å². The summed E-state index contributed by atoms with van der Waals surface area (Å²) in [6, 6.07) is 10.4. The Kier molecular flexibility index (Phi) is 8.44. The highest BCUT2D eigenvalue weighted by atomic mass is 35.5. The van der Waals surface area contributed by atoms with Crippen molar-refractivity contribution in [1.82, 2.24) is 15.3 Å². The molecule has 1 saturated carbocycles. The molecule has 3 heterocycles. The minimum atomic E-state index is 0.0460. The molecular formula is C27H37ClN6OS. The van der Waals surface area contributed by atoms with Gasteiger partial charge in [0.2, 0.25) is 5.95 Å². The third kappa shape index (κ3) is 6.21. The van der Waals surface area contributed by atoms with E-state index in [1.807, 2.05) is 12.1 Å². The molecule has 0 radical (unpaired) electrons. The molecule has 2 N–H and O–H groups in total.